The van der Waals surface area contributed by atoms with Gasteiger partial charge in [-0.1, -0.05) is 37.3 Å². The topological polar surface area (TPSA) is 30.5 Å². The van der Waals surface area contributed by atoms with Crippen LogP contribution in [-0.2, 0) is 9.47 Å². The lowest BCUT2D eigenvalue weighted by atomic mass is 10.1. The van der Waals surface area contributed by atoms with Gasteiger partial charge in [0.05, 0.1) is 6.10 Å². The second-order valence-electron chi connectivity index (χ2n) is 3.92. The SMILES string of the molecule is CCNCC(OCCCOC)c1ccccc1. The van der Waals surface area contributed by atoms with Crippen LogP contribution in [0.3, 0.4) is 0 Å². The standard InChI is InChI=1S/C14H23NO2/c1-3-15-12-14(17-11-7-10-16-2)13-8-5-4-6-9-13/h4-6,8-9,14-15H,3,7,10-12H2,1-2H3. The molecule has 0 bridgehead atoms. The van der Waals surface area contributed by atoms with Gasteiger partial charge in [0, 0.05) is 26.9 Å². The van der Waals surface area contributed by atoms with Crippen molar-refractivity contribution in [2.24, 2.45) is 0 Å². The van der Waals surface area contributed by atoms with Gasteiger partial charge < -0.3 is 14.8 Å². The highest BCUT2D eigenvalue weighted by atomic mass is 16.5. The van der Waals surface area contributed by atoms with Gasteiger partial charge in [-0.05, 0) is 18.5 Å². The van der Waals surface area contributed by atoms with E-state index >= 15 is 0 Å². The van der Waals surface area contributed by atoms with Gasteiger partial charge in [0.1, 0.15) is 0 Å². The summed E-state index contributed by atoms with van der Waals surface area (Å²) in [6, 6.07) is 10.3. The molecule has 0 amide bonds. The number of ether oxygens (including phenoxy) is 2. The summed E-state index contributed by atoms with van der Waals surface area (Å²) in [5.74, 6) is 0. The maximum Gasteiger partial charge on any atom is 0.0949 e. The van der Waals surface area contributed by atoms with Crippen LogP contribution >= 0.6 is 0 Å². The minimum absolute atomic E-state index is 0.132. The highest BCUT2D eigenvalue weighted by Gasteiger charge is 2.10. The first-order chi connectivity index (χ1) is 8.38. The summed E-state index contributed by atoms with van der Waals surface area (Å²) in [5.41, 5.74) is 1.23. The summed E-state index contributed by atoms with van der Waals surface area (Å²) in [5, 5.41) is 3.33. The molecule has 1 atom stereocenters. The Morgan fingerprint density at radius 3 is 2.59 bits per heavy atom. The second-order valence-corrected chi connectivity index (χ2v) is 3.92. The zero-order valence-electron chi connectivity index (χ0n) is 10.8. The summed E-state index contributed by atoms with van der Waals surface area (Å²) >= 11 is 0. The predicted octanol–water partition coefficient (Wildman–Crippen LogP) is 2.39. The first kappa shape index (κ1) is 14.2. The third kappa shape index (κ3) is 5.82. The molecule has 0 aliphatic carbocycles. The first-order valence-corrected chi connectivity index (χ1v) is 6.24. The zero-order valence-corrected chi connectivity index (χ0v) is 10.8. The number of nitrogens with one attached hydrogen (secondary N) is 1. The fourth-order valence-corrected chi connectivity index (χ4v) is 1.64. The molecule has 1 aromatic carbocycles. The maximum atomic E-state index is 5.89. The Labute approximate surface area is 104 Å². The van der Waals surface area contributed by atoms with Gasteiger partial charge in [-0.25, -0.2) is 0 Å². The van der Waals surface area contributed by atoms with Gasteiger partial charge in [0.2, 0.25) is 0 Å². The van der Waals surface area contributed by atoms with Gasteiger partial charge in [-0.2, -0.15) is 0 Å². The third-order valence-electron chi connectivity index (χ3n) is 2.56. The van der Waals surface area contributed by atoms with Crippen LogP contribution in [0.2, 0.25) is 0 Å². The summed E-state index contributed by atoms with van der Waals surface area (Å²) in [4.78, 5) is 0. The van der Waals surface area contributed by atoms with Crippen LogP contribution in [0.1, 0.15) is 25.0 Å². The van der Waals surface area contributed by atoms with Crippen LogP contribution in [0.25, 0.3) is 0 Å². The average Bonchev–Trinajstić information content (AvgIpc) is 2.39. The van der Waals surface area contributed by atoms with Crippen molar-refractivity contribution in [1.82, 2.24) is 5.32 Å². The van der Waals surface area contributed by atoms with Gasteiger partial charge >= 0.3 is 0 Å². The summed E-state index contributed by atoms with van der Waals surface area (Å²) < 4.78 is 10.9. The smallest absolute Gasteiger partial charge is 0.0949 e. The average molecular weight is 237 g/mol. The molecule has 0 aromatic heterocycles. The fraction of sp³-hybridized carbons (Fsp3) is 0.571. The monoisotopic (exact) mass is 237 g/mol. The molecule has 0 saturated carbocycles. The molecule has 0 heterocycles. The van der Waals surface area contributed by atoms with Crippen LogP contribution < -0.4 is 5.32 Å². The van der Waals surface area contributed by atoms with Gasteiger partial charge in [0.25, 0.3) is 0 Å². The van der Waals surface area contributed by atoms with E-state index in [0.29, 0.717) is 0 Å². The van der Waals surface area contributed by atoms with Crippen molar-refractivity contribution in [2.45, 2.75) is 19.4 Å². The molecule has 0 spiro atoms. The number of benzene rings is 1. The van der Waals surface area contributed by atoms with Crippen LogP contribution in [0, 0.1) is 0 Å². The van der Waals surface area contributed by atoms with Crippen molar-refractivity contribution in [1.29, 1.82) is 0 Å². The lowest BCUT2D eigenvalue weighted by molar-refractivity contribution is 0.0391. The van der Waals surface area contributed by atoms with Crippen molar-refractivity contribution in [3.8, 4) is 0 Å². The van der Waals surface area contributed by atoms with Crippen molar-refractivity contribution >= 4 is 0 Å². The van der Waals surface area contributed by atoms with Crippen LogP contribution in [0.5, 0.6) is 0 Å². The summed E-state index contributed by atoms with van der Waals surface area (Å²) in [6.45, 7) is 5.41. The largest absolute Gasteiger partial charge is 0.385 e. The van der Waals surface area contributed by atoms with Crippen LogP contribution in [0.15, 0.2) is 30.3 Å². The number of hydrogen-bond acceptors (Lipinski definition) is 3. The molecule has 17 heavy (non-hydrogen) atoms. The number of likely N-dealkylation sites (N-methyl/N-ethyl adjacent to an activating group) is 1. The van der Waals surface area contributed by atoms with E-state index in [1.54, 1.807) is 7.11 Å². The van der Waals surface area contributed by atoms with E-state index in [2.05, 4.69) is 24.4 Å². The molecule has 96 valence electrons. The highest BCUT2D eigenvalue weighted by molar-refractivity contribution is 5.17. The molecule has 0 fully saturated rings. The van der Waals surface area contributed by atoms with Crippen molar-refractivity contribution < 1.29 is 9.47 Å². The van der Waals surface area contributed by atoms with E-state index in [4.69, 9.17) is 9.47 Å². The molecular weight excluding hydrogens is 214 g/mol. The van der Waals surface area contributed by atoms with Crippen LogP contribution in [-0.4, -0.2) is 33.4 Å². The number of hydrogen-bond donors (Lipinski definition) is 1. The Balaban J connectivity index is 2.43. The molecule has 1 unspecified atom stereocenters. The van der Waals surface area contributed by atoms with Crippen molar-refractivity contribution in [3.63, 3.8) is 0 Å². The highest BCUT2D eigenvalue weighted by Crippen LogP contribution is 2.16. The lowest BCUT2D eigenvalue weighted by Crippen LogP contribution is -2.23. The fourth-order valence-electron chi connectivity index (χ4n) is 1.64. The van der Waals surface area contributed by atoms with E-state index in [9.17, 15) is 0 Å². The molecule has 0 aliphatic heterocycles. The number of methoxy groups -OCH3 is 1. The Kier molecular flexibility index (Phi) is 7.63. The van der Waals surface area contributed by atoms with E-state index in [-0.39, 0.29) is 6.10 Å². The molecule has 0 aliphatic rings. The van der Waals surface area contributed by atoms with Gasteiger partial charge in [-0.15, -0.1) is 0 Å². The lowest BCUT2D eigenvalue weighted by Gasteiger charge is -2.18. The molecule has 0 radical (unpaired) electrons. The maximum absolute atomic E-state index is 5.89. The third-order valence-corrected chi connectivity index (χ3v) is 2.56. The quantitative estimate of drug-likeness (QED) is 0.669. The molecule has 1 aromatic rings. The summed E-state index contributed by atoms with van der Waals surface area (Å²) in [7, 11) is 1.72. The Bertz CT molecular complexity index is 277. The van der Waals surface area contributed by atoms with E-state index in [1.807, 2.05) is 18.2 Å². The predicted molar refractivity (Wildman–Crippen MR) is 70.2 cm³/mol. The summed E-state index contributed by atoms with van der Waals surface area (Å²) in [6.07, 6.45) is 1.07. The van der Waals surface area contributed by atoms with Gasteiger partial charge in [0.15, 0.2) is 0 Å². The van der Waals surface area contributed by atoms with Crippen molar-refractivity contribution in [3.05, 3.63) is 35.9 Å². The Morgan fingerprint density at radius 2 is 1.94 bits per heavy atom. The molecule has 3 heteroatoms. The first-order valence-electron chi connectivity index (χ1n) is 6.24. The minimum Gasteiger partial charge on any atom is -0.385 e. The molecular formula is C14H23NO2. The molecule has 3 nitrogen and oxygen atoms in total. The van der Waals surface area contributed by atoms with E-state index in [0.717, 1.165) is 32.7 Å². The number of rotatable bonds is 9. The van der Waals surface area contributed by atoms with E-state index < -0.39 is 0 Å². The zero-order chi connectivity index (χ0) is 12.3. The second kappa shape index (κ2) is 9.16. The van der Waals surface area contributed by atoms with Gasteiger partial charge in [-0.3, -0.25) is 0 Å². The van der Waals surface area contributed by atoms with E-state index in [1.165, 1.54) is 5.56 Å². The Hall–Kier alpha value is -0.900. The molecule has 1 rings (SSSR count). The van der Waals surface area contributed by atoms with Crippen LogP contribution in [0.4, 0.5) is 0 Å². The normalized spacial score (nSPS) is 12.6. The Morgan fingerprint density at radius 1 is 1.18 bits per heavy atom. The molecule has 0 saturated heterocycles. The van der Waals surface area contributed by atoms with Crippen molar-refractivity contribution in [2.75, 3.05) is 33.4 Å². The minimum atomic E-state index is 0.132. The molecule has 1 N–H and O–H groups in total.